The predicted molar refractivity (Wildman–Crippen MR) is 99.0 cm³/mol. The monoisotopic (exact) mass is 364 g/mol. The molecule has 8 heteroatoms. The van der Waals surface area contributed by atoms with Crippen molar-refractivity contribution in [2.24, 2.45) is 5.73 Å². The van der Waals surface area contributed by atoms with Crippen molar-refractivity contribution in [2.75, 3.05) is 0 Å². The van der Waals surface area contributed by atoms with Gasteiger partial charge in [-0.1, -0.05) is 36.4 Å². The summed E-state index contributed by atoms with van der Waals surface area (Å²) < 4.78 is 0. The van der Waals surface area contributed by atoms with Crippen LogP contribution in [-0.2, 0) is 11.2 Å². The number of amides is 2. The Morgan fingerprint density at radius 1 is 1.11 bits per heavy atom. The van der Waals surface area contributed by atoms with Gasteiger partial charge in [0.2, 0.25) is 5.91 Å². The van der Waals surface area contributed by atoms with Crippen LogP contribution in [0.3, 0.4) is 0 Å². The van der Waals surface area contributed by atoms with E-state index in [2.05, 4.69) is 10.3 Å². The highest BCUT2D eigenvalue weighted by Crippen LogP contribution is 2.20. The van der Waals surface area contributed by atoms with E-state index in [4.69, 9.17) is 5.73 Å². The van der Waals surface area contributed by atoms with Gasteiger partial charge in [0, 0.05) is 29.6 Å². The third kappa shape index (κ3) is 3.90. The molecule has 0 bridgehead atoms. The number of nitrogens with zero attached hydrogens (tertiary/aromatic N) is 2. The van der Waals surface area contributed by atoms with E-state index in [1.807, 2.05) is 0 Å². The smallest absolute Gasteiger partial charge is 0.272 e. The maximum Gasteiger partial charge on any atom is 0.272 e. The molecule has 0 radical (unpaired) electrons. The lowest BCUT2D eigenvalue weighted by Gasteiger charge is -2.16. The summed E-state index contributed by atoms with van der Waals surface area (Å²) in [5, 5.41) is 14.4. The fourth-order valence-corrected chi connectivity index (χ4v) is 2.83. The summed E-state index contributed by atoms with van der Waals surface area (Å²) in [5.41, 5.74) is 6.57. The molecule has 27 heavy (non-hydrogen) atoms. The lowest BCUT2D eigenvalue weighted by Crippen LogP contribution is -2.46. The number of primary amides is 1. The van der Waals surface area contributed by atoms with Gasteiger partial charge >= 0.3 is 0 Å². The number of nitro benzene ring substituents is 1. The molecule has 2 aromatic carbocycles. The predicted octanol–water partition coefficient (Wildman–Crippen LogP) is 1.97. The number of carbonyl (C=O) groups excluding carboxylic acids is 2. The molecule has 3 N–H and O–H groups in total. The van der Waals surface area contributed by atoms with Gasteiger partial charge in [-0.25, -0.2) is 0 Å². The Labute approximate surface area is 154 Å². The first-order valence-corrected chi connectivity index (χ1v) is 8.13. The largest absolute Gasteiger partial charge is 0.368 e. The van der Waals surface area contributed by atoms with Crippen LogP contribution in [0, 0.1) is 10.1 Å². The number of hydrogen-bond acceptors (Lipinski definition) is 5. The summed E-state index contributed by atoms with van der Waals surface area (Å²) in [5.74, 6) is -1.28. The molecule has 2 amide bonds. The average Bonchev–Trinajstić information content (AvgIpc) is 2.67. The normalized spacial score (nSPS) is 11.7. The van der Waals surface area contributed by atoms with Gasteiger partial charge in [-0.2, -0.15) is 0 Å². The van der Waals surface area contributed by atoms with Crippen LogP contribution in [0.15, 0.2) is 60.8 Å². The lowest BCUT2D eigenvalue weighted by atomic mass is 10.0. The SMILES string of the molecule is NC(=O)[C@@H](Cc1ccccc1[N+](=O)[O-])NC(=O)c1ccnc2ccccc12. The molecule has 0 saturated heterocycles. The van der Waals surface area contributed by atoms with E-state index in [0.717, 1.165) is 0 Å². The summed E-state index contributed by atoms with van der Waals surface area (Å²) in [6.45, 7) is 0. The fraction of sp³-hybridized carbons (Fsp3) is 0.105. The molecule has 3 rings (SSSR count). The summed E-state index contributed by atoms with van der Waals surface area (Å²) in [4.78, 5) is 39.4. The molecule has 0 spiro atoms. The Morgan fingerprint density at radius 3 is 2.56 bits per heavy atom. The van der Waals surface area contributed by atoms with Gasteiger partial charge in [0.1, 0.15) is 6.04 Å². The highest BCUT2D eigenvalue weighted by Gasteiger charge is 2.24. The number of rotatable bonds is 6. The van der Waals surface area contributed by atoms with Gasteiger partial charge in [-0.3, -0.25) is 24.7 Å². The van der Waals surface area contributed by atoms with Gasteiger partial charge in [0.15, 0.2) is 0 Å². The molecule has 0 aliphatic rings. The summed E-state index contributed by atoms with van der Waals surface area (Å²) in [6, 6.07) is 13.6. The van der Waals surface area contributed by atoms with Crippen molar-refractivity contribution in [1.82, 2.24) is 10.3 Å². The van der Waals surface area contributed by atoms with Crippen LogP contribution in [0.5, 0.6) is 0 Å². The number of aromatic nitrogens is 1. The number of nitrogens with one attached hydrogen (secondary N) is 1. The third-order valence-electron chi connectivity index (χ3n) is 4.15. The quantitative estimate of drug-likeness (QED) is 0.510. The number of hydrogen-bond donors (Lipinski definition) is 2. The van der Waals surface area contributed by atoms with E-state index in [1.165, 1.54) is 24.4 Å². The molecule has 8 nitrogen and oxygen atoms in total. The van der Waals surface area contributed by atoms with Crippen LogP contribution in [-0.4, -0.2) is 27.8 Å². The van der Waals surface area contributed by atoms with E-state index in [9.17, 15) is 19.7 Å². The fourth-order valence-electron chi connectivity index (χ4n) is 2.83. The Morgan fingerprint density at radius 2 is 1.81 bits per heavy atom. The second-order valence-electron chi connectivity index (χ2n) is 5.89. The molecule has 0 aliphatic heterocycles. The summed E-state index contributed by atoms with van der Waals surface area (Å²) in [7, 11) is 0. The van der Waals surface area contributed by atoms with Crippen molar-refractivity contribution < 1.29 is 14.5 Å². The zero-order chi connectivity index (χ0) is 19.4. The molecule has 1 atom stereocenters. The minimum Gasteiger partial charge on any atom is -0.368 e. The van der Waals surface area contributed by atoms with Crippen molar-refractivity contribution >= 4 is 28.4 Å². The molecule has 0 saturated carbocycles. The van der Waals surface area contributed by atoms with Crippen LogP contribution in [0.2, 0.25) is 0 Å². The van der Waals surface area contributed by atoms with E-state index in [1.54, 1.807) is 36.4 Å². The van der Waals surface area contributed by atoms with Crippen LogP contribution in [0.4, 0.5) is 5.69 Å². The molecule has 0 fully saturated rings. The Bertz CT molecular complexity index is 1030. The molecule has 0 unspecified atom stereocenters. The molecule has 3 aromatic rings. The van der Waals surface area contributed by atoms with Gasteiger partial charge < -0.3 is 11.1 Å². The minimum absolute atomic E-state index is 0.0821. The summed E-state index contributed by atoms with van der Waals surface area (Å²) in [6.07, 6.45) is 1.42. The molecule has 1 heterocycles. The van der Waals surface area contributed by atoms with E-state index < -0.39 is 22.8 Å². The van der Waals surface area contributed by atoms with Crippen LogP contribution in [0.1, 0.15) is 15.9 Å². The van der Waals surface area contributed by atoms with Gasteiger partial charge in [-0.05, 0) is 12.1 Å². The molecule has 136 valence electrons. The third-order valence-corrected chi connectivity index (χ3v) is 4.15. The van der Waals surface area contributed by atoms with Gasteiger partial charge in [-0.15, -0.1) is 0 Å². The standard InChI is InChI=1S/C19H16N4O4/c20-18(24)16(11-12-5-1-4-8-17(12)23(26)27)22-19(25)14-9-10-21-15-7-3-2-6-13(14)15/h1-10,16H,11H2,(H2,20,24)(H,22,25)/t16-/m1/s1. The maximum atomic E-state index is 12.7. The summed E-state index contributed by atoms with van der Waals surface area (Å²) >= 11 is 0. The second-order valence-corrected chi connectivity index (χ2v) is 5.89. The Balaban J connectivity index is 1.88. The molecule has 1 aromatic heterocycles. The van der Waals surface area contributed by atoms with E-state index in [-0.39, 0.29) is 12.1 Å². The number of carbonyl (C=O) groups is 2. The van der Waals surface area contributed by atoms with Gasteiger partial charge in [0.05, 0.1) is 16.0 Å². The highest BCUT2D eigenvalue weighted by molar-refractivity contribution is 6.07. The van der Waals surface area contributed by atoms with Crippen LogP contribution >= 0.6 is 0 Å². The van der Waals surface area contributed by atoms with Crippen LogP contribution < -0.4 is 11.1 Å². The minimum atomic E-state index is -1.09. The maximum absolute atomic E-state index is 12.7. The van der Waals surface area contributed by atoms with Crippen molar-refractivity contribution in [3.63, 3.8) is 0 Å². The Kier molecular flexibility index (Phi) is 5.07. The zero-order valence-electron chi connectivity index (χ0n) is 14.2. The number of pyridine rings is 1. The first-order valence-electron chi connectivity index (χ1n) is 8.13. The van der Waals surface area contributed by atoms with E-state index >= 15 is 0 Å². The topological polar surface area (TPSA) is 128 Å². The lowest BCUT2D eigenvalue weighted by molar-refractivity contribution is -0.385. The van der Waals surface area contributed by atoms with Crippen LogP contribution in [0.25, 0.3) is 10.9 Å². The first kappa shape index (κ1) is 18.0. The number of nitro groups is 1. The molecular formula is C19H16N4O4. The molecule has 0 aliphatic carbocycles. The zero-order valence-corrected chi connectivity index (χ0v) is 14.2. The van der Waals surface area contributed by atoms with Crippen molar-refractivity contribution in [1.29, 1.82) is 0 Å². The molecular weight excluding hydrogens is 348 g/mol. The van der Waals surface area contributed by atoms with Crippen molar-refractivity contribution in [3.05, 3.63) is 82.0 Å². The highest BCUT2D eigenvalue weighted by atomic mass is 16.6. The second kappa shape index (κ2) is 7.61. The van der Waals surface area contributed by atoms with E-state index in [0.29, 0.717) is 22.0 Å². The number of fused-ring (bicyclic) bond motifs is 1. The number of nitrogens with two attached hydrogens (primary N) is 1. The van der Waals surface area contributed by atoms with Crippen molar-refractivity contribution in [2.45, 2.75) is 12.5 Å². The Hall–Kier alpha value is -3.81. The van der Waals surface area contributed by atoms with Gasteiger partial charge in [0.25, 0.3) is 11.6 Å². The average molecular weight is 364 g/mol. The first-order chi connectivity index (χ1) is 13.0. The number of benzene rings is 2. The number of para-hydroxylation sites is 2. The van der Waals surface area contributed by atoms with Crippen molar-refractivity contribution in [3.8, 4) is 0 Å².